The summed E-state index contributed by atoms with van der Waals surface area (Å²) in [4.78, 5) is 22.3. The quantitative estimate of drug-likeness (QED) is 0.435. The van der Waals surface area contributed by atoms with Gasteiger partial charge in [-0.15, -0.1) is 0 Å². The van der Waals surface area contributed by atoms with Gasteiger partial charge >= 0.3 is 0 Å². The highest BCUT2D eigenvalue weighted by Crippen LogP contribution is 2.18. The maximum atomic E-state index is 12.0. The number of non-ortho nitro benzene ring substituents is 1. The Bertz CT molecular complexity index is 986. The minimum atomic E-state index is -0.431. The van der Waals surface area contributed by atoms with Gasteiger partial charge in [-0.05, 0) is 48.9 Å². The topological polar surface area (TPSA) is 93.5 Å². The number of nitro benzene ring substituents is 1. The summed E-state index contributed by atoms with van der Waals surface area (Å²) in [6, 6.07) is 21.2. The molecular weight excluding hydrogens is 370 g/mol. The molecule has 0 heterocycles. The summed E-state index contributed by atoms with van der Waals surface area (Å²) in [5.41, 5.74) is 3.64. The van der Waals surface area contributed by atoms with Gasteiger partial charge in [0.05, 0.1) is 4.92 Å². The van der Waals surface area contributed by atoms with Crippen LogP contribution in [-0.4, -0.2) is 17.4 Å². The third kappa shape index (κ3) is 6.07. The van der Waals surface area contributed by atoms with Gasteiger partial charge in [0.15, 0.2) is 6.61 Å². The normalized spacial score (nSPS) is 10.2. The summed E-state index contributed by atoms with van der Waals surface area (Å²) < 4.78 is 5.58. The number of benzene rings is 3. The van der Waals surface area contributed by atoms with Gasteiger partial charge in [-0.2, -0.15) is 0 Å². The van der Waals surface area contributed by atoms with E-state index in [2.05, 4.69) is 10.6 Å². The summed E-state index contributed by atoms with van der Waals surface area (Å²) in [6.45, 7) is 2.41. The maximum absolute atomic E-state index is 12.0. The van der Waals surface area contributed by atoms with Gasteiger partial charge < -0.3 is 15.4 Å². The van der Waals surface area contributed by atoms with E-state index in [0.29, 0.717) is 12.3 Å². The van der Waals surface area contributed by atoms with Crippen molar-refractivity contribution in [2.45, 2.75) is 13.5 Å². The molecule has 0 unspecified atom stereocenters. The molecule has 3 rings (SSSR count). The number of carbonyl (C=O) groups excluding carboxylic acids is 1. The van der Waals surface area contributed by atoms with E-state index in [4.69, 9.17) is 4.74 Å². The molecule has 7 nitrogen and oxygen atoms in total. The number of hydrogen-bond acceptors (Lipinski definition) is 5. The molecule has 2 N–H and O–H groups in total. The van der Waals surface area contributed by atoms with Gasteiger partial charge in [0.25, 0.3) is 11.6 Å². The number of aryl methyl sites for hydroxylation is 1. The van der Waals surface area contributed by atoms with Crippen molar-refractivity contribution in [3.63, 3.8) is 0 Å². The Kier molecular flexibility index (Phi) is 6.42. The van der Waals surface area contributed by atoms with Crippen LogP contribution in [0.25, 0.3) is 0 Å². The molecular formula is C22H21N3O4. The zero-order valence-corrected chi connectivity index (χ0v) is 15.9. The van der Waals surface area contributed by atoms with E-state index in [1.165, 1.54) is 12.1 Å². The first-order chi connectivity index (χ1) is 14.0. The predicted octanol–water partition coefficient (Wildman–Crippen LogP) is 4.53. The molecule has 0 bridgehead atoms. The van der Waals surface area contributed by atoms with Crippen LogP contribution >= 0.6 is 0 Å². The molecule has 0 saturated heterocycles. The Morgan fingerprint density at radius 2 is 1.69 bits per heavy atom. The Labute approximate surface area is 168 Å². The molecule has 0 radical (unpaired) electrons. The van der Waals surface area contributed by atoms with Crippen LogP contribution < -0.4 is 15.4 Å². The van der Waals surface area contributed by atoms with Crippen LogP contribution in [0.4, 0.5) is 17.1 Å². The van der Waals surface area contributed by atoms with E-state index in [9.17, 15) is 14.9 Å². The van der Waals surface area contributed by atoms with E-state index in [0.717, 1.165) is 22.5 Å². The minimum Gasteiger partial charge on any atom is -0.484 e. The first kappa shape index (κ1) is 19.9. The summed E-state index contributed by atoms with van der Waals surface area (Å²) >= 11 is 0. The molecule has 3 aromatic carbocycles. The molecule has 0 aliphatic rings. The molecule has 0 aliphatic heterocycles. The molecule has 7 heteroatoms. The Hall–Kier alpha value is -3.87. The lowest BCUT2D eigenvalue weighted by molar-refractivity contribution is -0.384. The van der Waals surface area contributed by atoms with Crippen molar-refractivity contribution >= 4 is 23.0 Å². The molecule has 3 aromatic rings. The number of nitrogens with zero attached hydrogens (tertiary/aromatic N) is 1. The van der Waals surface area contributed by atoms with Crippen molar-refractivity contribution in [2.75, 3.05) is 17.2 Å². The fraction of sp³-hybridized carbons (Fsp3) is 0.136. The Morgan fingerprint density at radius 1 is 1.00 bits per heavy atom. The van der Waals surface area contributed by atoms with Crippen molar-refractivity contribution in [2.24, 2.45) is 0 Å². The third-order valence-electron chi connectivity index (χ3n) is 4.18. The first-order valence-electron chi connectivity index (χ1n) is 9.06. The van der Waals surface area contributed by atoms with E-state index < -0.39 is 4.92 Å². The van der Waals surface area contributed by atoms with Crippen LogP contribution in [0.1, 0.15) is 11.1 Å². The van der Waals surface area contributed by atoms with Crippen LogP contribution in [0, 0.1) is 17.0 Å². The van der Waals surface area contributed by atoms with E-state index in [-0.39, 0.29) is 18.2 Å². The average molecular weight is 391 g/mol. The standard InChI is InChI=1S/C22H21N3O4/c1-16-5-7-19(8-6-16)24-22(26)15-29-21-4-2-3-17(13-21)14-23-18-9-11-20(12-10-18)25(27)28/h2-13,23H,14-15H2,1H3,(H,24,26). The number of hydrogen-bond donors (Lipinski definition) is 2. The third-order valence-corrected chi connectivity index (χ3v) is 4.18. The molecule has 148 valence electrons. The molecule has 0 atom stereocenters. The van der Waals surface area contributed by atoms with Crippen molar-refractivity contribution in [1.82, 2.24) is 0 Å². The lowest BCUT2D eigenvalue weighted by atomic mass is 10.2. The van der Waals surface area contributed by atoms with Gasteiger partial charge in [-0.1, -0.05) is 29.8 Å². The molecule has 0 aliphatic carbocycles. The number of amides is 1. The number of nitro groups is 1. The second-order valence-corrected chi connectivity index (χ2v) is 6.51. The van der Waals surface area contributed by atoms with Gasteiger partial charge in [-0.3, -0.25) is 14.9 Å². The molecule has 0 spiro atoms. The highest BCUT2D eigenvalue weighted by molar-refractivity contribution is 5.91. The van der Waals surface area contributed by atoms with E-state index in [1.807, 2.05) is 49.4 Å². The predicted molar refractivity (Wildman–Crippen MR) is 112 cm³/mol. The number of anilines is 2. The SMILES string of the molecule is Cc1ccc(NC(=O)COc2cccc(CNc3ccc([N+](=O)[O-])cc3)c2)cc1. The molecule has 0 saturated carbocycles. The largest absolute Gasteiger partial charge is 0.484 e. The van der Waals surface area contributed by atoms with Crippen LogP contribution in [-0.2, 0) is 11.3 Å². The summed E-state index contributed by atoms with van der Waals surface area (Å²) in [5, 5.41) is 16.7. The van der Waals surface area contributed by atoms with Crippen molar-refractivity contribution in [3.05, 3.63) is 94.0 Å². The lowest BCUT2D eigenvalue weighted by Gasteiger charge is -2.10. The molecule has 1 amide bonds. The summed E-state index contributed by atoms with van der Waals surface area (Å²) in [7, 11) is 0. The Balaban J connectivity index is 1.50. The fourth-order valence-electron chi connectivity index (χ4n) is 2.63. The average Bonchev–Trinajstić information content (AvgIpc) is 2.73. The molecule has 0 fully saturated rings. The molecule has 29 heavy (non-hydrogen) atoms. The van der Waals surface area contributed by atoms with Gasteiger partial charge in [0.2, 0.25) is 0 Å². The number of carbonyl (C=O) groups is 1. The second kappa shape index (κ2) is 9.36. The number of nitrogens with one attached hydrogen (secondary N) is 2. The van der Waals surface area contributed by atoms with E-state index in [1.54, 1.807) is 18.2 Å². The zero-order chi connectivity index (χ0) is 20.6. The van der Waals surface area contributed by atoms with Gasteiger partial charge in [-0.25, -0.2) is 0 Å². The van der Waals surface area contributed by atoms with E-state index >= 15 is 0 Å². The van der Waals surface area contributed by atoms with Crippen molar-refractivity contribution in [1.29, 1.82) is 0 Å². The first-order valence-corrected chi connectivity index (χ1v) is 9.06. The second-order valence-electron chi connectivity index (χ2n) is 6.51. The maximum Gasteiger partial charge on any atom is 0.269 e. The highest BCUT2D eigenvalue weighted by atomic mass is 16.6. The smallest absolute Gasteiger partial charge is 0.269 e. The van der Waals surface area contributed by atoms with Crippen LogP contribution in [0.3, 0.4) is 0 Å². The van der Waals surface area contributed by atoms with Crippen LogP contribution in [0.5, 0.6) is 5.75 Å². The highest BCUT2D eigenvalue weighted by Gasteiger charge is 2.06. The van der Waals surface area contributed by atoms with Gasteiger partial charge in [0.1, 0.15) is 5.75 Å². The van der Waals surface area contributed by atoms with Crippen molar-refractivity contribution < 1.29 is 14.5 Å². The number of rotatable bonds is 8. The monoisotopic (exact) mass is 391 g/mol. The fourth-order valence-corrected chi connectivity index (χ4v) is 2.63. The van der Waals surface area contributed by atoms with Crippen molar-refractivity contribution in [3.8, 4) is 5.75 Å². The summed E-state index contributed by atoms with van der Waals surface area (Å²) in [6.07, 6.45) is 0. The van der Waals surface area contributed by atoms with Crippen LogP contribution in [0.2, 0.25) is 0 Å². The summed E-state index contributed by atoms with van der Waals surface area (Å²) in [5.74, 6) is 0.357. The zero-order valence-electron chi connectivity index (χ0n) is 15.9. The lowest BCUT2D eigenvalue weighted by Crippen LogP contribution is -2.20. The van der Waals surface area contributed by atoms with Gasteiger partial charge in [0, 0.05) is 30.1 Å². The molecule has 0 aromatic heterocycles. The number of ether oxygens (including phenoxy) is 1. The minimum absolute atomic E-state index is 0.0508. The Morgan fingerprint density at radius 3 is 2.38 bits per heavy atom. The van der Waals surface area contributed by atoms with Crippen LogP contribution in [0.15, 0.2) is 72.8 Å².